The average Bonchev–Trinajstić information content (AvgIpc) is 2.78. The molecular weight excluding hydrogens is 270 g/mol. The molecular formula is C16H13NO2S. The molecule has 0 amide bonds. The Labute approximate surface area is 120 Å². The summed E-state index contributed by atoms with van der Waals surface area (Å²) in [5, 5.41) is 10.1. The van der Waals surface area contributed by atoms with E-state index in [4.69, 9.17) is 5.11 Å². The number of para-hydroxylation sites is 1. The highest BCUT2D eigenvalue weighted by Gasteiger charge is 2.11. The Kier molecular flexibility index (Phi) is 3.48. The van der Waals surface area contributed by atoms with E-state index in [2.05, 4.69) is 0 Å². The third kappa shape index (κ3) is 2.56. The maximum Gasteiger partial charge on any atom is 0.323 e. The number of fused-ring (bicyclic) bond motifs is 1. The van der Waals surface area contributed by atoms with Gasteiger partial charge in [0.15, 0.2) is 0 Å². The molecule has 100 valence electrons. The molecule has 3 aromatic rings. The number of carboxylic acid groups (broad SMARTS) is 1. The Bertz CT molecular complexity index is 750. The molecule has 20 heavy (non-hydrogen) atoms. The van der Waals surface area contributed by atoms with Crippen molar-refractivity contribution in [1.82, 2.24) is 4.57 Å². The highest BCUT2D eigenvalue weighted by atomic mass is 32.2. The van der Waals surface area contributed by atoms with E-state index in [1.165, 1.54) is 0 Å². The standard InChI is InChI=1S/C16H13NO2S/c18-16(19)11-17-10-15(13-8-4-5-9-14(13)17)20-12-6-2-1-3-7-12/h1-10H,11H2,(H,18,19). The number of carbonyl (C=O) groups is 1. The Balaban J connectivity index is 2.04. The molecule has 0 radical (unpaired) electrons. The molecule has 1 aromatic heterocycles. The van der Waals surface area contributed by atoms with E-state index in [1.807, 2.05) is 60.8 Å². The van der Waals surface area contributed by atoms with E-state index in [1.54, 1.807) is 16.3 Å². The normalized spacial score (nSPS) is 10.8. The minimum Gasteiger partial charge on any atom is -0.480 e. The fourth-order valence-electron chi connectivity index (χ4n) is 2.19. The molecule has 0 bridgehead atoms. The van der Waals surface area contributed by atoms with Gasteiger partial charge in [0.2, 0.25) is 0 Å². The van der Waals surface area contributed by atoms with Gasteiger partial charge in [-0.25, -0.2) is 0 Å². The van der Waals surface area contributed by atoms with Crippen LogP contribution in [0.5, 0.6) is 0 Å². The maximum absolute atomic E-state index is 11.0. The maximum atomic E-state index is 11.0. The molecule has 3 rings (SSSR count). The van der Waals surface area contributed by atoms with Crippen LogP contribution in [0.3, 0.4) is 0 Å². The van der Waals surface area contributed by atoms with Crippen molar-refractivity contribution in [3.63, 3.8) is 0 Å². The van der Waals surface area contributed by atoms with Crippen molar-refractivity contribution in [1.29, 1.82) is 0 Å². The monoisotopic (exact) mass is 283 g/mol. The van der Waals surface area contributed by atoms with Gasteiger partial charge in [-0.15, -0.1) is 0 Å². The second kappa shape index (κ2) is 5.43. The molecule has 0 atom stereocenters. The first-order chi connectivity index (χ1) is 9.74. The number of aromatic nitrogens is 1. The van der Waals surface area contributed by atoms with E-state index in [0.717, 1.165) is 20.7 Å². The van der Waals surface area contributed by atoms with Gasteiger partial charge >= 0.3 is 5.97 Å². The lowest BCUT2D eigenvalue weighted by molar-refractivity contribution is -0.137. The minimum atomic E-state index is -0.831. The van der Waals surface area contributed by atoms with Crippen LogP contribution in [-0.4, -0.2) is 15.6 Å². The zero-order valence-corrected chi connectivity index (χ0v) is 11.5. The van der Waals surface area contributed by atoms with Crippen LogP contribution < -0.4 is 0 Å². The second-order valence-corrected chi connectivity index (χ2v) is 5.56. The summed E-state index contributed by atoms with van der Waals surface area (Å²) in [5.74, 6) is -0.831. The summed E-state index contributed by atoms with van der Waals surface area (Å²) in [6.07, 6.45) is 1.91. The molecule has 0 aliphatic rings. The number of hydrogen-bond donors (Lipinski definition) is 1. The van der Waals surface area contributed by atoms with Gasteiger partial charge in [0.1, 0.15) is 6.54 Å². The molecule has 0 saturated heterocycles. The predicted molar refractivity (Wildman–Crippen MR) is 80.1 cm³/mol. The number of rotatable bonds is 4. The summed E-state index contributed by atoms with van der Waals surface area (Å²) in [7, 11) is 0. The van der Waals surface area contributed by atoms with Crippen LogP contribution in [0.25, 0.3) is 10.9 Å². The topological polar surface area (TPSA) is 42.2 Å². The third-order valence-corrected chi connectivity index (χ3v) is 4.08. The van der Waals surface area contributed by atoms with E-state index < -0.39 is 5.97 Å². The first-order valence-electron chi connectivity index (χ1n) is 6.26. The quantitative estimate of drug-likeness (QED) is 0.790. The van der Waals surface area contributed by atoms with Crippen molar-refractivity contribution in [3.05, 3.63) is 60.8 Å². The highest BCUT2D eigenvalue weighted by molar-refractivity contribution is 7.99. The number of nitrogens with zero attached hydrogens (tertiary/aromatic N) is 1. The van der Waals surface area contributed by atoms with Crippen LogP contribution in [0, 0.1) is 0 Å². The van der Waals surface area contributed by atoms with Crippen molar-refractivity contribution in [3.8, 4) is 0 Å². The van der Waals surface area contributed by atoms with Crippen molar-refractivity contribution >= 4 is 28.6 Å². The predicted octanol–water partition coefficient (Wildman–Crippen LogP) is 3.88. The molecule has 0 aliphatic carbocycles. The number of aliphatic carboxylic acids is 1. The van der Waals surface area contributed by atoms with Gasteiger partial charge in [-0.05, 0) is 18.2 Å². The molecule has 0 fully saturated rings. The van der Waals surface area contributed by atoms with E-state index in [-0.39, 0.29) is 6.54 Å². The summed E-state index contributed by atoms with van der Waals surface area (Å²) < 4.78 is 1.78. The number of carboxylic acids is 1. The summed E-state index contributed by atoms with van der Waals surface area (Å²) in [6.45, 7) is -0.0180. The van der Waals surface area contributed by atoms with Gasteiger partial charge in [-0.1, -0.05) is 48.2 Å². The largest absolute Gasteiger partial charge is 0.480 e. The van der Waals surface area contributed by atoms with Crippen LogP contribution >= 0.6 is 11.8 Å². The van der Waals surface area contributed by atoms with Crippen molar-refractivity contribution in [2.24, 2.45) is 0 Å². The van der Waals surface area contributed by atoms with E-state index in [9.17, 15) is 4.79 Å². The lowest BCUT2D eigenvalue weighted by Gasteiger charge is -1.99. The van der Waals surface area contributed by atoms with Crippen LogP contribution in [0.2, 0.25) is 0 Å². The summed E-state index contributed by atoms with van der Waals surface area (Å²) in [6, 6.07) is 18.0. The first kappa shape index (κ1) is 12.8. The van der Waals surface area contributed by atoms with Crippen molar-refractivity contribution in [2.75, 3.05) is 0 Å². The van der Waals surface area contributed by atoms with Gasteiger partial charge in [-0.3, -0.25) is 4.79 Å². The van der Waals surface area contributed by atoms with Crippen molar-refractivity contribution < 1.29 is 9.90 Å². The molecule has 3 nitrogen and oxygen atoms in total. The van der Waals surface area contributed by atoms with Gasteiger partial charge in [0.25, 0.3) is 0 Å². The van der Waals surface area contributed by atoms with E-state index >= 15 is 0 Å². The molecule has 0 aliphatic heterocycles. The Morgan fingerprint density at radius 1 is 1.05 bits per heavy atom. The fraction of sp³-hybridized carbons (Fsp3) is 0.0625. The van der Waals surface area contributed by atoms with Gasteiger partial charge in [0, 0.05) is 26.9 Å². The molecule has 1 N–H and O–H groups in total. The number of benzene rings is 2. The van der Waals surface area contributed by atoms with Crippen LogP contribution in [0.1, 0.15) is 0 Å². The van der Waals surface area contributed by atoms with Crippen LogP contribution in [-0.2, 0) is 11.3 Å². The lowest BCUT2D eigenvalue weighted by Crippen LogP contribution is -2.07. The molecule has 4 heteroatoms. The molecule has 0 spiro atoms. The van der Waals surface area contributed by atoms with Gasteiger partial charge in [0.05, 0.1) is 0 Å². The Morgan fingerprint density at radius 3 is 2.50 bits per heavy atom. The SMILES string of the molecule is O=C(O)Cn1cc(Sc2ccccc2)c2ccccc21. The van der Waals surface area contributed by atoms with Crippen LogP contribution in [0.4, 0.5) is 0 Å². The van der Waals surface area contributed by atoms with Crippen molar-refractivity contribution in [2.45, 2.75) is 16.3 Å². The number of hydrogen-bond acceptors (Lipinski definition) is 2. The second-order valence-electron chi connectivity index (χ2n) is 4.45. The smallest absolute Gasteiger partial charge is 0.323 e. The molecule has 0 saturated carbocycles. The van der Waals surface area contributed by atoms with E-state index in [0.29, 0.717) is 0 Å². The first-order valence-corrected chi connectivity index (χ1v) is 7.08. The molecule has 2 aromatic carbocycles. The molecule has 0 unspecified atom stereocenters. The summed E-state index contributed by atoms with van der Waals surface area (Å²) >= 11 is 1.65. The Morgan fingerprint density at radius 2 is 1.75 bits per heavy atom. The van der Waals surface area contributed by atoms with Crippen LogP contribution in [0.15, 0.2) is 70.6 Å². The average molecular weight is 283 g/mol. The van der Waals surface area contributed by atoms with Gasteiger partial charge in [-0.2, -0.15) is 0 Å². The molecule has 1 heterocycles. The lowest BCUT2D eigenvalue weighted by atomic mass is 10.2. The Hall–Kier alpha value is -2.20. The zero-order valence-electron chi connectivity index (χ0n) is 10.7. The highest BCUT2D eigenvalue weighted by Crippen LogP contribution is 2.34. The minimum absolute atomic E-state index is 0.0180. The van der Waals surface area contributed by atoms with Gasteiger partial charge < -0.3 is 9.67 Å². The summed E-state index contributed by atoms with van der Waals surface area (Å²) in [4.78, 5) is 13.2. The fourth-order valence-corrected chi connectivity index (χ4v) is 3.20. The summed E-state index contributed by atoms with van der Waals surface area (Å²) in [5.41, 5.74) is 0.952. The third-order valence-electron chi connectivity index (χ3n) is 3.03. The zero-order chi connectivity index (χ0) is 13.9.